The molecular formula is C23H20N2O2S. The van der Waals surface area contributed by atoms with Gasteiger partial charge in [0.2, 0.25) is 0 Å². The van der Waals surface area contributed by atoms with Crippen LogP contribution in [-0.2, 0) is 11.3 Å². The fourth-order valence-electron chi connectivity index (χ4n) is 3.25. The van der Waals surface area contributed by atoms with E-state index in [0.29, 0.717) is 11.7 Å². The van der Waals surface area contributed by atoms with E-state index in [2.05, 4.69) is 11.4 Å². The van der Waals surface area contributed by atoms with Gasteiger partial charge in [-0.3, -0.25) is 9.69 Å². The highest BCUT2D eigenvalue weighted by Crippen LogP contribution is 2.29. The minimum Gasteiger partial charge on any atom is -0.457 e. The highest BCUT2D eigenvalue weighted by molar-refractivity contribution is 7.80. The van der Waals surface area contributed by atoms with Crippen molar-refractivity contribution >= 4 is 23.2 Å². The number of carbonyl (C=O) groups excluding carboxylic acids is 1. The summed E-state index contributed by atoms with van der Waals surface area (Å²) in [5.74, 6) is 1.59. The van der Waals surface area contributed by atoms with Crippen molar-refractivity contribution in [1.29, 1.82) is 0 Å². The largest absolute Gasteiger partial charge is 0.457 e. The molecule has 0 radical (unpaired) electrons. The Morgan fingerprint density at radius 2 is 1.57 bits per heavy atom. The number of thiocarbonyl (C=S) groups is 1. The molecule has 5 heteroatoms. The molecule has 0 spiro atoms. The molecular weight excluding hydrogens is 368 g/mol. The van der Waals surface area contributed by atoms with Crippen LogP contribution in [-0.4, -0.2) is 22.0 Å². The van der Waals surface area contributed by atoms with Gasteiger partial charge in [-0.05, 0) is 60.1 Å². The number of rotatable bonds is 5. The van der Waals surface area contributed by atoms with E-state index in [4.69, 9.17) is 17.0 Å². The van der Waals surface area contributed by atoms with Crippen LogP contribution in [0.25, 0.3) is 11.1 Å². The summed E-state index contributed by atoms with van der Waals surface area (Å²) in [6.45, 7) is 2.28. The maximum Gasteiger partial charge on any atom is 0.251 e. The third kappa shape index (κ3) is 3.75. The molecule has 1 saturated heterocycles. The molecule has 0 aliphatic carbocycles. The average Bonchev–Trinajstić information content (AvgIpc) is 2.96. The molecule has 1 amide bonds. The molecule has 4 rings (SSSR count). The molecule has 140 valence electrons. The molecule has 3 aromatic rings. The Hall–Kier alpha value is -3.18. The first-order valence-corrected chi connectivity index (χ1v) is 9.56. The first-order valence-electron chi connectivity index (χ1n) is 9.15. The Morgan fingerprint density at radius 3 is 2.25 bits per heavy atom. The second-order valence-electron chi connectivity index (χ2n) is 6.69. The Morgan fingerprint density at radius 1 is 0.929 bits per heavy atom. The zero-order chi connectivity index (χ0) is 19.5. The van der Waals surface area contributed by atoms with Crippen LogP contribution in [0, 0.1) is 0 Å². The number of benzene rings is 3. The lowest BCUT2D eigenvalue weighted by molar-refractivity contribution is -0.127. The molecule has 0 bridgehead atoms. The van der Waals surface area contributed by atoms with Gasteiger partial charge in [0.15, 0.2) is 5.11 Å². The van der Waals surface area contributed by atoms with Crippen molar-refractivity contribution in [2.24, 2.45) is 0 Å². The molecule has 1 aliphatic heterocycles. The van der Waals surface area contributed by atoms with Gasteiger partial charge in [-0.25, -0.2) is 0 Å². The lowest BCUT2D eigenvalue weighted by Crippen LogP contribution is -2.30. The van der Waals surface area contributed by atoms with E-state index in [1.54, 1.807) is 4.90 Å². The topological polar surface area (TPSA) is 41.6 Å². The minimum absolute atomic E-state index is 0.00594. The summed E-state index contributed by atoms with van der Waals surface area (Å²) >= 11 is 5.31. The molecule has 4 nitrogen and oxygen atoms in total. The molecule has 1 fully saturated rings. The molecule has 3 aromatic carbocycles. The van der Waals surface area contributed by atoms with Crippen LogP contribution >= 0.6 is 12.2 Å². The van der Waals surface area contributed by atoms with Gasteiger partial charge in [0.25, 0.3) is 5.91 Å². The summed E-state index contributed by atoms with van der Waals surface area (Å²) in [7, 11) is 0. The number of amides is 1. The van der Waals surface area contributed by atoms with Crippen molar-refractivity contribution in [1.82, 2.24) is 10.2 Å². The van der Waals surface area contributed by atoms with Gasteiger partial charge in [-0.1, -0.05) is 54.6 Å². The summed E-state index contributed by atoms with van der Waals surface area (Å²) in [5, 5.41) is 3.50. The number of para-hydroxylation sites is 1. The number of carbonyl (C=O) groups is 1. The summed E-state index contributed by atoms with van der Waals surface area (Å²) in [5.41, 5.74) is 3.18. The second-order valence-corrected chi connectivity index (χ2v) is 7.08. The first kappa shape index (κ1) is 18.2. The van der Waals surface area contributed by atoms with E-state index < -0.39 is 0 Å². The quantitative estimate of drug-likeness (QED) is 0.641. The van der Waals surface area contributed by atoms with E-state index in [0.717, 1.165) is 28.2 Å². The smallest absolute Gasteiger partial charge is 0.251 e. The van der Waals surface area contributed by atoms with Crippen molar-refractivity contribution in [2.75, 3.05) is 0 Å². The van der Waals surface area contributed by atoms with Crippen LogP contribution in [0.1, 0.15) is 12.5 Å². The Kier molecular flexibility index (Phi) is 5.08. The van der Waals surface area contributed by atoms with Gasteiger partial charge in [0.05, 0.1) is 6.54 Å². The van der Waals surface area contributed by atoms with E-state index in [-0.39, 0.29) is 11.9 Å². The van der Waals surface area contributed by atoms with Crippen molar-refractivity contribution in [3.8, 4) is 22.6 Å². The van der Waals surface area contributed by atoms with Gasteiger partial charge >= 0.3 is 0 Å². The first-order chi connectivity index (χ1) is 13.6. The SMILES string of the molecule is CC1NC(=S)N(Cc2ccccc2-c2ccc(Oc3ccccc3)cc2)C1=O. The van der Waals surface area contributed by atoms with Crippen LogP contribution in [0.3, 0.4) is 0 Å². The van der Waals surface area contributed by atoms with Crippen LogP contribution in [0.5, 0.6) is 11.5 Å². The van der Waals surface area contributed by atoms with Crippen LogP contribution < -0.4 is 10.1 Å². The van der Waals surface area contributed by atoms with E-state index in [1.807, 2.05) is 79.7 Å². The fraction of sp³-hybridized carbons (Fsp3) is 0.130. The van der Waals surface area contributed by atoms with E-state index in [9.17, 15) is 4.79 Å². The molecule has 0 aromatic heterocycles. The molecule has 1 unspecified atom stereocenters. The van der Waals surface area contributed by atoms with Crippen LogP contribution in [0.4, 0.5) is 0 Å². The number of hydrogen-bond acceptors (Lipinski definition) is 3. The molecule has 28 heavy (non-hydrogen) atoms. The summed E-state index contributed by atoms with van der Waals surface area (Å²) in [4.78, 5) is 14.0. The molecule has 1 heterocycles. The van der Waals surface area contributed by atoms with Crippen molar-refractivity contribution in [3.05, 3.63) is 84.4 Å². The van der Waals surface area contributed by atoms with E-state index in [1.165, 1.54) is 0 Å². The van der Waals surface area contributed by atoms with Gasteiger partial charge in [0, 0.05) is 0 Å². The number of hydrogen-bond donors (Lipinski definition) is 1. The Bertz CT molecular complexity index is 1000. The second kappa shape index (κ2) is 7.82. The summed E-state index contributed by atoms with van der Waals surface area (Å²) < 4.78 is 5.87. The highest BCUT2D eigenvalue weighted by Gasteiger charge is 2.32. The highest BCUT2D eigenvalue weighted by atomic mass is 32.1. The predicted molar refractivity (Wildman–Crippen MR) is 114 cm³/mol. The molecule has 1 atom stereocenters. The standard InChI is InChI=1S/C23H20N2O2S/c1-16-22(26)25(23(28)24-16)15-18-7-5-6-10-21(18)17-11-13-20(14-12-17)27-19-8-3-2-4-9-19/h2-14,16H,15H2,1H3,(H,24,28). The third-order valence-corrected chi connectivity index (χ3v) is 5.05. The third-order valence-electron chi connectivity index (χ3n) is 4.71. The lowest BCUT2D eigenvalue weighted by Gasteiger charge is -2.18. The molecule has 0 saturated carbocycles. The lowest BCUT2D eigenvalue weighted by atomic mass is 9.99. The normalized spacial score (nSPS) is 16.2. The van der Waals surface area contributed by atoms with Gasteiger partial charge in [-0.2, -0.15) is 0 Å². The van der Waals surface area contributed by atoms with Crippen molar-refractivity contribution in [2.45, 2.75) is 19.5 Å². The number of ether oxygens (including phenoxy) is 1. The predicted octanol–water partition coefficient (Wildman–Crippen LogP) is 4.75. The Labute approximate surface area is 169 Å². The van der Waals surface area contributed by atoms with Crippen LogP contribution in [0.2, 0.25) is 0 Å². The zero-order valence-electron chi connectivity index (χ0n) is 15.5. The maximum atomic E-state index is 12.3. The van der Waals surface area contributed by atoms with Crippen LogP contribution in [0.15, 0.2) is 78.9 Å². The summed E-state index contributed by atoms with van der Waals surface area (Å²) in [6, 6.07) is 25.5. The fourth-order valence-corrected chi connectivity index (χ4v) is 3.58. The van der Waals surface area contributed by atoms with Gasteiger partial charge in [-0.15, -0.1) is 0 Å². The minimum atomic E-state index is -0.269. The van der Waals surface area contributed by atoms with Crippen molar-refractivity contribution < 1.29 is 9.53 Å². The zero-order valence-corrected chi connectivity index (χ0v) is 16.3. The summed E-state index contributed by atoms with van der Waals surface area (Å²) in [6.07, 6.45) is 0. The maximum absolute atomic E-state index is 12.3. The van der Waals surface area contributed by atoms with Gasteiger partial charge < -0.3 is 10.1 Å². The van der Waals surface area contributed by atoms with Crippen molar-refractivity contribution in [3.63, 3.8) is 0 Å². The molecule has 1 N–H and O–H groups in total. The number of nitrogens with zero attached hydrogens (tertiary/aromatic N) is 1. The monoisotopic (exact) mass is 388 g/mol. The van der Waals surface area contributed by atoms with E-state index >= 15 is 0 Å². The molecule has 1 aliphatic rings. The average molecular weight is 388 g/mol. The van der Waals surface area contributed by atoms with Gasteiger partial charge in [0.1, 0.15) is 17.5 Å². The number of nitrogens with one attached hydrogen (secondary N) is 1. The Balaban J connectivity index is 1.56.